The molecule has 0 aliphatic carbocycles. The molecule has 0 bridgehead atoms. The standard InChI is InChI=1S/C27H24F3N7S/c28-27(29,30)21-10-6-9-20(17-21)24(25-32-33-34-37(25)18-19-7-2-1-3-8-19)35-13-15-36(16-14-35)26-31-22-11-4-5-12-23(22)38-26/h1-12,17,24H,13-16,18H2/t24-/m0/s1. The molecule has 194 valence electrons. The van der Waals surface area contributed by atoms with E-state index in [1.54, 1.807) is 22.1 Å². The summed E-state index contributed by atoms with van der Waals surface area (Å²) < 4.78 is 43.7. The van der Waals surface area contributed by atoms with Crippen LogP contribution in [0, 0.1) is 0 Å². The van der Waals surface area contributed by atoms with E-state index in [4.69, 9.17) is 4.98 Å². The van der Waals surface area contributed by atoms with E-state index < -0.39 is 17.8 Å². The molecule has 38 heavy (non-hydrogen) atoms. The topological polar surface area (TPSA) is 63.0 Å². The number of halogens is 3. The van der Waals surface area contributed by atoms with Crippen LogP contribution < -0.4 is 4.90 Å². The molecule has 1 atom stereocenters. The molecular formula is C27H24F3N7S. The molecule has 0 amide bonds. The number of fused-ring (bicyclic) bond motifs is 1. The fourth-order valence-corrected chi connectivity index (χ4v) is 5.87. The second kappa shape index (κ2) is 10.1. The molecule has 6 rings (SSSR count). The minimum absolute atomic E-state index is 0.421. The highest BCUT2D eigenvalue weighted by atomic mass is 32.1. The quantitative estimate of drug-likeness (QED) is 0.296. The Morgan fingerprint density at radius 3 is 2.39 bits per heavy atom. The van der Waals surface area contributed by atoms with Gasteiger partial charge in [-0.1, -0.05) is 65.9 Å². The molecule has 1 aliphatic rings. The number of hydrogen-bond donors (Lipinski definition) is 0. The number of aromatic nitrogens is 5. The van der Waals surface area contributed by atoms with Crippen LogP contribution in [0.15, 0.2) is 78.9 Å². The predicted molar refractivity (Wildman–Crippen MR) is 140 cm³/mol. The second-order valence-corrected chi connectivity index (χ2v) is 10.2. The van der Waals surface area contributed by atoms with Gasteiger partial charge in [0.2, 0.25) is 0 Å². The summed E-state index contributed by atoms with van der Waals surface area (Å²) in [5.74, 6) is 0.515. The molecule has 1 saturated heterocycles. The van der Waals surface area contributed by atoms with Crippen LogP contribution >= 0.6 is 11.3 Å². The number of thiazole rings is 1. The van der Waals surface area contributed by atoms with Crippen molar-refractivity contribution in [2.24, 2.45) is 0 Å². The van der Waals surface area contributed by atoms with Crippen molar-refractivity contribution >= 4 is 26.7 Å². The van der Waals surface area contributed by atoms with Crippen LogP contribution in [0.5, 0.6) is 0 Å². The Labute approximate surface area is 221 Å². The zero-order chi connectivity index (χ0) is 26.1. The number of hydrogen-bond acceptors (Lipinski definition) is 7. The largest absolute Gasteiger partial charge is 0.416 e. The van der Waals surface area contributed by atoms with Crippen molar-refractivity contribution in [3.63, 3.8) is 0 Å². The molecule has 5 aromatic rings. The summed E-state index contributed by atoms with van der Waals surface area (Å²) in [6.45, 7) is 3.04. The smallest absolute Gasteiger partial charge is 0.345 e. The molecule has 0 radical (unpaired) electrons. The lowest BCUT2D eigenvalue weighted by atomic mass is 10.0. The first-order valence-electron chi connectivity index (χ1n) is 12.3. The summed E-state index contributed by atoms with van der Waals surface area (Å²) >= 11 is 1.65. The van der Waals surface area contributed by atoms with Crippen LogP contribution in [0.3, 0.4) is 0 Å². The Kier molecular flexibility index (Phi) is 6.54. The van der Waals surface area contributed by atoms with Gasteiger partial charge in [-0.25, -0.2) is 9.67 Å². The number of anilines is 1. The van der Waals surface area contributed by atoms with Crippen molar-refractivity contribution < 1.29 is 13.2 Å². The van der Waals surface area contributed by atoms with Gasteiger partial charge in [-0.05, 0) is 45.8 Å². The lowest BCUT2D eigenvalue weighted by Gasteiger charge is -2.39. The van der Waals surface area contributed by atoms with Crippen molar-refractivity contribution in [1.82, 2.24) is 30.1 Å². The van der Waals surface area contributed by atoms with E-state index in [0.717, 1.165) is 27.0 Å². The summed E-state index contributed by atoms with van der Waals surface area (Å²) in [4.78, 5) is 9.17. The van der Waals surface area contributed by atoms with Gasteiger partial charge in [-0.15, -0.1) is 5.10 Å². The Hall–Kier alpha value is -3.83. The van der Waals surface area contributed by atoms with Gasteiger partial charge in [0, 0.05) is 26.2 Å². The molecule has 3 aromatic carbocycles. The Morgan fingerprint density at radius 1 is 0.868 bits per heavy atom. The molecule has 1 fully saturated rings. The van der Waals surface area contributed by atoms with Gasteiger partial charge in [0.15, 0.2) is 11.0 Å². The fraction of sp³-hybridized carbons (Fsp3) is 0.259. The van der Waals surface area contributed by atoms with Crippen molar-refractivity contribution in [2.45, 2.75) is 18.8 Å². The maximum absolute atomic E-state index is 13.6. The first kappa shape index (κ1) is 24.5. The maximum Gasteiger partial charge on any atom is 0.416 e. The first-order valence-corrected chi connectivity index (χ1v) is 13.1. The zero-order valence-corrected chi connectivity index (χ0v) is 21.1. The number of piperazine rings is 1. The van der Waals surface area contributed by atoms with Gasteiger partial charge in [0.1, 0.15) is 0 Å². The number of tetrazole rings is 1. The van der Waals surface area contributed by atoms with E-state index in [1.165, 1.54) is 12.1 Å². The van der Waals surface area contributed by atoms with Gasteiger partial charge in [-0.2, -0.15) is 13.2 Å². The molecule has 0 saturated carbocycles. The zero-order valence-electron chi connectivity index (χ0n) is 20.3. The third kappa shape index (κ3) is 4.99. The highest BCUT2D eigenvalue weighted by molar-refractivity contribution is 7.22. The molecule has 3 heterocycles. The van der Waals surface area contributed by atoms with Crippen LogP contribution in [0.25, 0.3) is 10.2 Å². The predicted octanol–water partition coefficient (Wildman–Crippen LogP) is 5.26. The van der Waals surface area contributed by atoms with Crippen LogP contribution in [-0.4, -0.2) is 56.3 Å². The normalized spacial score (nSPS) is 15.7. The number of rotatable bonds is 6. The number of nitrogens with zero attached hydrogens (tertiary/aromatic N) is 7. The first-order chi connectivity index (χ1) is 18.5. The van der Waals surface area contributed by atoms with Gasteiger partial charge < -0.3 is 4.90 Å². The molecule has 1 aliphatic heterocycles. The average molecular weight is 536 g/mol. The van der Waals surface area contributed by atoms with Crippen LogP contribution in [0.2, 0.25) is 0 Å². The summed E-state index contributed by atoms with van der Waals surface area (Å²) in [6.07, 6.45) is -4.44. The van der Waals surface area contributed by atoms with Gasteiger partial charge in [-0.3, -0.25) is 4.90 Å². The highest BCUT2D eigenvalue weighted by Gasteiger charge is 2.35. The molecule has 0 unspecified atom stereocenters. The molecule has 2 aromatic heterocycles. The van der Waals surface area contributed by atoms with E-state index >= 15 is 0 Å². The van der Waals surface area contributed by atoms with E-state index in [9.17, 15) is 13.2 Å². The van der Waals surface area contributed by atoms with E-state index in [1.807, 2.05) is 48.5 Å². The summed E-state index contributed by atoms with van der Waals surface area (Å²) in [6, 6.07) is 22.7. The summed E-state index contributed by atoms with van der Waals surface area (Å²) in [7, 11) is 0. The Morgan fingerprint density at radius 2 is 1.63 bits per heavy atom. The summed E-state index contributed by atoms with van der Waals surface area (Å²) in [5.41, 5.74) is 1.80. The van der Waals surface area contributed by atoms with Crippen molar-refractivity contribution in [1.29, 1.82) is 0 Å². The molecule has 0 N–H and O–H groups in total. The second-order valence-electron chi connectivity index (χ2n) is 9.19. The van der Waals surface area contributed by atoms with Gasteiger partial charge >= 0.3 is 6.18 Å². The minimum Gasteiger partial charge on any atom is -0.345 e. The number of alkyl halides is 3. The average Bonchev–Trinajstić information content (AvgIpc) is 3.57. The molecule has 11 heteroatoms. The maximum atomic E-state index is 13.6. The van der Waals surface area contributed by atoms with E-state index in [-0.39, 0.29) is 0 Å². The fourth-order valence-electron chi connectivity index (χ4n) is 4.85. The third-order valence-electron chi connectivity index (χ3n) is 6.74. The summed E-state index contributed by atoms with van der Waals surface area (Å²) in [5, 5.41) is 13.4. The highest BCUT2D eigenvalue weighted by Crippen LogP contribution is 2.35. The number of benzene rings is 3. The van der Waals surface area contributed by atoms with Gasteiger partial charge in [0.05, 0.1) is 28.4 Å². The number of para-hydroxylation sites is 1. The molecule has 0 spiro atoms. The molecular weight excluding hydrogens is 511 g/mol. The Bertz CT molecular complexity index is 1490. The SMILES string of the molecule is FC(F)(F)c1cccc([C@@H](c2nnnn2Cc2ccccc2)N2CCN(c3nc4ccccc4s3)CC2)c1. The lowest BCUT2D eigenvalue weighted by molar-refractivity contribution is -0.137. The van der Waals surface area contributed by atoms with E-state index in [0.29, 0.717) is 44.1 Å². The van der Waals surface area contributed by atoms with Crippen molar-refractivity contribution in [3.05, 3.63) is 101 Å². The third-order valence-corrected chi connectivity index (χ3v) is 7.84. The molecule has 7 nitrogen and oxygen atoms in total. The van der Waals surface area contributed by atoms with Crippen LogP contribution in [-0.2, 0) is 12.7 Å². The van der Waals surface area contributed by atoms with E-state index in [2.05, 4.69) is 31.4 Å². The minimum atomic E-state index is -4.44. The van der Waals surface area contributed by atoms with Crippen molar-refractivity contribution in [3.8, 4) is 0 Å². The lowest BCUT2D eigenvalue weighted by Crippen LogP contribution is -2.48. The monoisotopic (exact) mass is 535 g/mol. The van der Waals surface area contributed by atoms with Gasteiger partial charge in [0.25, 0.3) is 0 Å². The van der Waals surface area contributed by atoms with Crippen molar-refractivity contribution in [2.75, 3.05) is 31.1 Å². The van der Waals surface area contributed by atoms with Crippen LogP contribution in [0.4, 0.5) is 18.3 Å². The van der Waals surface area contributed by atoms with Crippen LogP contribution in [0.1, 0.15) is 28.6 Å². The Balaban J connectivity index is 1.31.